The van der Waals surface area contributed by atoms with Crippen molar-refractivity contribution < 1.29 is 14.7 Å². The largest absolute Gasteiger partial charge is 0.506 e. The summed E-state index contributed by atoms with van der Waals surface area (Å²) < 4.78 is 0. The summed E-state index contributed by atoms with van der Waals surface area (Å²) in [6, 6.07) is 6.80. The number of nitrogens with zero attached hydrogens (tertiary/aromatic N) is 2. The maximum Gasteiger partial charge on any atom is 0.321 e. The summed E-state index contributed by atoms with van der Waals surface area (Å²) in [5.74, 6) is -0.0269. The lowest BCUT2D eigenvalue weighted by Crippen LogP contribution is -2.51. The van der Waals surface area contributed by atoms with Crippen molar-refractivity contribution in [3.63, 3.8) is 0 Å². The Morgan fingerprint density at radius 3 is 2.52 bits per heavy atom. The monoisotopic (exact) mass is 320 g/mol. The maximum atomic E-state index is 11.8. The number of piperazine rings is 1. The van der Waals surface area contributed by atoms with Gasteiger partial charge >= 0.3 is 6.03 Å². The van der Waals surface area contributed by atoms with Gasteiger partial charge in [0.2, 0.25) is 5.91 Å². The topological polar surface area (TPSA) is 84.9 Å². The summed E-state index contributed by atoms with van der Waals surface area (Å²) in [7, 11) is 0. The van der Waals surface area contributed by atoms with Crippen molar-refractivity contribution in [1.82, 2.24) is 15.5 Å². The minimum absolute atomic E-state index is 0.203. The molecular formula is C16H24N4O3. The fourth-order valence-corrected chi connectivity index (χ4v) is 2.53. The molecule has 3 amide bonds. The molecular weight excluding hydrogens is 296 g/mol. The van der Waals surface area contributed by atoms with E-state index in [1.165, 1.54) is 0 Å². The molecule has 1 aromatic carbocycles. The Kier molecular flexibility index (Phi) is 6.22. The van der Waals surface area contributed by atoms with Gasteiger partial charge in [-0.25, -0.2) is 4.79 Å². The molecule has 23 heavy (non-hydrogen) atoms. The molecule has 1 heterocycles. The molecule has 7 heteroatoms. The third-order valence-electron chi connectivity index (χ3n) is 3.75. The van der Waals surface area contributed by atoms with Crippen molar-refractivity contribution in [2.45, 2.75) is 13.3 Å². The number of carbonyl (C=O) groups excluding carboxylic acids is 2. The van der Waals surface area contributed by atoms with E-state index in [9.17, 15) is 14.7 Å². The number of amides is 3. The third-order valence-corrected chi connectivity index (χ3v) is 3.75. The Morgan fingerprint density at radius 1 is 1.17 bits per heavy atom. The number of benzene rings is 1. The number of carbonyl (C=O) groups is 2. The average Bonchev–Trinajstić information content (AvgIpc) is 2.54. The molecule has 1 aliphatic heterocycles. The minimum atomic E-state index is -0.440. The van der Waals surface area contributed by atoms with Crippen LogP contribution in [0, 0.1) is 0 Å². The number of para-hydroxylation sites is 2. The summed E-state index contributed by atoms with van der Waals surface area (Å²) in [4.78, 5) is 27.3. The van der Waals surface area contributed by atoms with Crippen LogP contribution in [-0.4, -0.2) is 61.2 Å². The molecule has 0 aromatic heterocycles. The predicted octanol–water partition coefficient (Wildman–Crippen LogP) is 0.750. The van der Waals surface area contributed by atoms with Crippen LogP contribution in [-0.2, 0) is 4.79 Å². The second-order valence-electron chi connectivity index (χ2n) is 5.56. The number of hydrogen-bond donors (Lipinski definition) is 3. The molecule has 1 saturated heterocycles. The fourth-order valence-electron chi connectivity index (χ4n) is 2.53. The molecule has 3 N–H and O–H groups in total. The molecule has 0 saturated carbocycles. The first-order valence-electron chi connectivity index (χ1n) is 7.93. The Morgan fingerprint density at radius 2 is 1.87 bits per heavy atom. The van der Waals surface area contributed by atoms with Crippen molar-refractivity contribution in [1.29, 1.82) is 0 Å². The number of imide groups is 1. The maximum absolute atomic E-state index is 11.8. The van der Waals surface area contributed by atoms with Crippen LogP contribution in [0.2, 0.25) is 0 Å². The van der Waals surface area contributed by atoms with E-state index >= 15 is 0 Å². The van der Waals surface area contributed by atoms with E-state index in [0.717, 1.165) is 25.2 Å². The fraction of sp³-hybridized carbons (Fsp3) is 0.500. The number of phenolic OH excluding ortho intramolecular Hbond substituents is 1. The van der Waals surface area contributed by atoms with E-state index in [2.05, 4.69) is 15.5 Å². The van der Waals surface area contributed by atoms with Crippen LogP contribution in [0.15, 0.2) is 24.3 Å². The third kappa shape index (κ3) is 5.14. The van der Waals surface area contributed by atoms with E-state index in [0.29, 0.717) is 19.6 Å². The van der Waals surface area contributed by atoms with Gasteiger partial charge in [0, 0.05) is 32.7 Å². The van der Waals surface area contributed by atoms with Crippen LogP contribution in [0.4, 0.5) is 10.5 Å². The van der Waals surface area contributed by atoms with Gasteiger partial charge in [0.05, 0.1) is 12.2 Å². The normalized spacial score (nSPS) is 15.3. The quantitative estimate of drug-likeness (QED) is 0.745. The molecule has 0 atom stereocenters. The SMILES string of the molecule is CCCNC(=O)NC(=O)CN1CCN(c2ccccc2O)CC1. The lowest BCUT2D eigenvalue weighted by molar-refractivity contribution is -0.121. The van der Waals surface area contributed by atoms with Gasteiger partial charge in [-0.3, -0.25) is 15.0 Å². The first kappa shape index (κ1) is 17.1. The van der Waals surface area contributed by atoms with Gasteiger partial charge in [-0.15, -0.1) is 0 Å². The van der Waals surface area contributed by atoms with Gasteiger partial charge in [-0.2, -0.15) is 0 Å². The Labute approximate surface area is 136 Å². The number of phenols is 1. The first-order chi connectivity index (χ1) is 11.1. The van der Waals surface area contributed by atoms with Crippen LogP contribution in [0.5, 0.6) is 5.75 Å². The molecule has 126 valence electrons. The van der Waals surface area contributed by atoms with Crippen LogP contribution < -0.4 is 15.5 Å². The number of anilines is 1. The van der Waals surface area contributed by atoms with Gasteiger partial charge < -0.3 is 15.3 Å². The van der Waals surface area contributed by atoms with Crippen molar-refractivity contribution in [3.8, 4) is 5.75 Å². The summed E-state index contributed by atoms with van der Waals surface area (Å²) in [6.07, 6.45) is 0.829. The van der Waals surface area contributed by atoms with Crippen LogP contribution in [0.1, 0.15) is 13.3 Å². The highest BCUT2D eigenvalue weighted by atomic mass is 16.3. The number of aromatic hydroxyl groups is 1. The zero-order valence-electron chi connectivity index (χ0n) is 13.4. The van der Waals surface area contributed by atoms with Gasteiger partial charge in [-0.05, 0) is 18.6 Å². The Balaban J connectivity index is 1.75. The molecule has 2 rings (SSSR count). The Bertz CT molecular complexity index is 542. The summed E-state index contributed by atoms with van der Waals surface area (Å²) in [6.45, 7) is 5.58. The van der Waals surface area contributed by atoms with Gasteiger partial charge in [-0.1, -0.05) is 19.1 Å². The lowest BCUT2D eigenvalue weighted by Gasteiger charge is -2.35. The molecule has 0 unspecified atom stereocenters. The highest BCUT2D eigenvalue weighted by Crippen LogP contribution is 2.26. The lowest BCUT2D eigenvalue weighted by atomic mass is 10.2. The van der Waals surface area contributed by atoms with Gasteiger partial charge in [0.1, 0.15) is 5.75 Å². The van der Waals surface area contributed by atoms with E-state index in [-0.39, 0.29) is 18.2 Å². The standard InChI is InChI=1S/C16H24N4O3/c1-2-7-17-16(23)18-15(22)12-19-8-10-20(11-9-19)13-5-3-4-6-14(13)21/h3-6,21H,2,7-12H2,1H3,(H2,17,18,22,23). The molecule has 1 aliphatic rings. The van der Waals surface area contributed by atoms with E-state index in [1.807, 2.05) is 24.0 Å². The van der Waals surface area contributed by atoms with Gasteiger partial charge in [0.25, 0.3) is 0 Å². The minimum Gasteiger partial charge on any atom is -0.506 e. The molecule has 1 aromatic rings. The first-order valence-corrected chi connectivity index (χ1v) is 7.93. The predicted molar refractivity (Wildman–Crippen MR) is 88.6 cm³/mol. The van der Waals surface area contributed by atoms with E-state index in [4.69, 9.17) is 0 Å². The van der Waals surface area contributed by atoms with Crippen molar-refractivity contribution in [2.75, 3.05) is 44.2 Å². The Hall–Kier alpha value is -2.28. The zero-order chi connectivity index (χ0) is 16.7. The second-order valence-corrected chi connectivity index (χ2v) is 5.56. The van der Waals surface area contributed by atoms with E-state index < -0.39 is 6.03 Å². The molecule has 0 bridgehead atoms. The molecule has 7 nitrogen and oxygen atoms in total. The number of urea groups is 1. The van der Waals surface area contributed by atoms with Crippen LogP contribution in [0.25, 0.3) is 0 Å². The summed E-state index contributed by atoms with van der Waals surface area (Å²) >= 11 is 0. The highest BCUT2D eigenvalue weighted by molar-refractivity contribution is 5.95. The number of nitrogens with one attached hydrogen (secondary N) is 2. The molecule has 0 spiro atoms. The highest BCUT2D eigenvalue weighted by Gasteiger charge is 2.21. The van der Waals surface area contributed by atoms with Crippen molar-refractivity contribution >= 4 is 17.6 Å². The van der Waals surface area contributed by atoms with Crippen LogP contribution in [0.3, 0.4) is 0 Å². The average molecular weight is 320 g/mol. The number of hydrogen-bond acceptors (Lipinski definition) is 5. The molecule has 1 fully saturated rings. The zero-order valence-corrected chi connectivity index (χ0v) is 13.4. The summed E-state index contributed by atoms with van der Waals surface area (Å²) in [5.41, 5.74) is 0.815. The van der Waals surface area contributed by atoms with Crippen molar-refractivity contribution in [3.05, 3.63) is 24.3 Å². The van der Waals surface area contributed by atoms with Gasteiger partial charge in [0.15, 0.2) is 0 Å². The second kappa shape index (κ2) is 8.38. The van der Waals surface area contributed by atoms with Crippen LogP contribution >= 0.6 is 0 Å². The molecule has 0 aliphatic carbocycles. The smallest absolute Gasteiger partial charge is 0.321 e. The summed E-state index contributed by atoms with van der Waals surface area (Å²) in [5, 5.41) is 14.8. The molecule has 0 radical (unpaired) electrons. The van der Waals surface area contributed by atoms with Crippen molar-refractivity contribution in [2.24, 2.45) is 0 Å². The van der Waals surface area contributed by atoms with E-state index in [1.54, 1.807) is 12.1 Å². The number of rotatable bonds is 5.